The minimum Gasteiger partial charge on any atom is -0.394 e. The molecule has 0 aliphatic carbocycles. The van der Waals surface area contributed by atoms with Gasteiger partial charge in [0, 0.05) is 48.5 Å². The molecule has 10 heterocycles. The maximum atomic E-state index is 13.4. The summed E-state index contributed by atoms with van der Waals surface area (Å²) in [6.07, 6.45) is -92.6. The zero-order valence-electron chi connectivity index (χ0n) is 71.7. The number of rotatable bonds is 35. The van der Waals surface area contributed by atoms with Gasteiger partial charge in [0.2, 0.25) is 41.4 Å². The lowest BCUT2D eigenvalue weighted by atomic mass is 9.93. The maximum absolute atomic E-state index is 13.4. The highest BCUT2D eigenvalue weighted by atomic mass is 16.8. The Kier molecular flexibility index (Phi) is 39.4. The highest BCUT2D eigenvalue weighted by molar-refractivity contribution is 5.75. The molecule has 0 aromatic carbocycles. The molecule has 132 heavy (non-hydrogen) atoms. The predicted molar refractivity (Wildman–Crippen MR) is 411 cm³/mol. The molecule has 0 aromatic heterocycles. The second kappa shape index (κ2) is 47.9. The van der Waals surface area contributed by atoms with Gasteiger partial charge in [0.1, 0.15) is 244 Å². The van der Waals surface area contributed by atoms with Crippen molar-refractivity contribution >= 4 is 41.4 Å². The van der Waals surface area contributed by atoms with Crippen LogP contribution in [0.15, 0.2) is 0 Å². The van der Waals surface area contributed by atoms with Crippen LogP contribution >= 0.6 is 0 Å². The standard InChI is InChI=1S/C74H123N7O51/c1-18(90)75-35-52(107)58(29(12-86)116-65(35)113)126-70-40(80-23(6)95)54(109)60(31(14-88)121-70)129-72-57(112)62(47(102)34(124-72)17-115-73-63(131-69-39(79-22(5)94)51(106)45(100)28(11-85)120-69)55(110)46(101)33(125-73)16-114-66-36(76-19(2)91)48(103)42(97)25(8-82)117-66)130-74-64(56(111)61(32(15-89)123-74)128-68-38(78-21(4)93)50(105)44(99)27(10-84)119-68)132-71-41(81-24(7)96)53(108)59(30(13-87)122-71)127-67-37(77-20(3)92)49(104)43(98)26(9-83)118-67/h25-74,82-89,97-113H,8-17H2,1-7H3,(H,75,90)(H,76,91)(H,77,92)(H,78,93)(H,79,94)(H,80,95)(H,81,96)/t25-,26-,27-,28-,29-,30-,31-,32-,33-,34-,35-,36-,37-,38-,39-,40-,41+,42-,43+,44-,45-,46-,47-,48-,49-,50-,51-,52-,53-,54-,55+,56+,57+,58-,59-,60-,61-,62+,63+,64+,65-,66-,67+,68+,69+,70+,71+,72+,73+,74-/m1/s1. The van der Waals surface area contributed by atoms with Gasteiger partial charge < -0.3 is 255 Å². The summed E-state index contributed by atoms with van der Waals surface area (Å²) < 4.78 is 116. The van der Waals surface area contributed by atoms with E-state index in [0.717, 1.165) is 48.5 Å². The topological polar surface area (TPSA) is 885 Å². The van der Waals surface area contributed by atoms with Crippen molar-refractivity contribution in [2.75, 3.05) is 66.1 Å². The van der Waals surface area contributed by atoms with E-state index in [4.69, 9.17) is 90.0 Å². The Morgan fingerprint density at radius 2 is 0.417 bits per heavy atom. The van der Waals surface area contributed by atoms with Crippen LogP contribution in [0.4, 0.5) is 0 Å². The highest BCUT2D eigenvalue weighted by Crippen LogP contribution is 2.41. The molecule has 10 aliphatic heterocycles. The minimum absolute atomic E-state index is 0.822. The first-order chi connectivity index (χ1) is 62.4. The summed E-state index contributed by atoms with van der Waals surface area (Å²) in [5, 5.41) is 302. The molecule has 10 fully saturated rings. The van der Waals surface area contributed by atoms with E-state index in [1.165, 1.54) is 0 Å². The number of nitrogens with one attached hydrogen (secondary N) is 7. The van der Waals surface area contributed by atoms with Gasteiger partial charge in [-0.3, -0.25) is 33.6 Å². The first-order valence-corrected chi connectivity index (χ1v) is 42.1. The Balaban J connectivity index is 1.08. The van der Waals surface area contributed by atoms with Crippen LogP contribution in [0.1, 0.15) is 48.5 Å². The van der Waals surface area contributed by atoms with Crippen LogP contribution in [0.3, 0.4) is 0 Å². The van der Waals surface area contributed by atoms with E-state index in [1.807, 2.05) is 0 Å². The summed E-state index contributed by atoms with van der Waals surface area (Å²) >= 11 is 0. The third-order valence-electron chi connectivity index (χ3n) is 23.7. The summed E-state index contributed by atoms with van der Waals surface area (Å²) in [5.74, 6) is -6.40. The zero-order chi connectivity index (χ0) is 97.4. The van der Waals surface area contributed by atoms with Gasteiger partial charge in [-0.15, -0.1) is 0 Å². The first kappa shape index (κ1) is 109. The molecule has 0 radical (unpaired) electrons. The van der Waals surface area contributed by atoms with Gasteiger partial charge in [-0.1, -0.05) is 0 Å². The van der Waals surface area contributed by atoms with Gasteiger partial charge in [-0.2, -0.15) is 0 Å². The van der Waals surface area contributed by atoms with Crippen LogP contribution in [0.25, 0.3) is 0 Å². The average Bonchev–Trinajstić information content (AvgIpc) is 0.760. The van der Waals surface area contributed by atoms with Crippen molar-refractivity contribution in [1.82, 2.24) is 37.2 Å². The molecule has 0 saturated carbocycles. The number of ether oxygens (including phenoxy) is 19. The second-order valence-corrected chi connectivity index (χ2v) is 33.2. The van der Waals surface area contributed by atoms with Gasteiger partial charge in [-0.05, 0) is 0 Å². The lowest BCUT2D eigenvalue weighted by Crippen LogP contribution is -2.71. The molecule has 7 amide bonds. The molecule has 32 N–H and O–H groups in total. The largest absolute Gasteiger partial charge is 0.394 e. The molecule has 0 bridgehead atoms. The number of hydrogen-bond acceptors (Lipinski definition) is 51. The number of aliphatic hydroxyl groups excluding tert-OH is 25. The molecule has 10 rings (SSSR count). The summed E-state index contributed by atoms with van der Waals surface area (Å²) in [4.78, 5) is 89.6. The van der Waals surface area contributed by atoms with E-state index in [1.54, 1.807) is 0 Å². The Hall–Kier alpha value is -5.47. The molecule has 0 unspecified atom stereocenters. The number of carbonyl (C=O) groups excluding carboxylic acids is 7. The molecule has 760 valence electrons. The fraction of sp³-hybridized carbons (Fsp3) is 0.905. The summed E-state index contributed by atoms with van der Waals surface area (Å²) in [6, 6.07) is -13.0. The van der Waals surface area contributed by atoms with Crippen molar-refractivity contribution in [3.63, 3.8) is 0 Å². The SMILES string of the molecule is CC(=O)N[C@@H]1[C@H](O[C@@H]2[C@@H](O[C@@H]3[C@H](O)[C@H](O[C@H]4[C@H](O)[C@@H](NC(C)=O)[C@H](O[C@H]5[C@H](O)[C@@H](NC(C)=O)[C@H](O)O[C@@H]5CO)O[C@@H]4CO)O[C@H](CO[C@H]4O[C@H](CO[C@@H]5O[C@H](CO)[C@@H](O)[C@H](O)[C@H]5NC(C)=O)[C@@H](O)[C@H](O)[C@@H]4O[C@@H]4O[C@H](CO)[C@@H](O)[C@H](O)[C@H]4NC(C)=O)[C@H]3O)O[C@H](CO)[C@@H](O[C@@H]3O[C@H](CO)[C@@H](O)[C@H](O)[C@H]3NC(C)=O)[C@@H]2O)O[C@H](CO)[C@@H](O[C@@H]2O[C@H](CO)[C@H](O)[C@H](O)[C@H]2NC(C)=O)[C@@H]1O. The van der Waals surface area contributed by atoms with Crippen molar-refractivity contribution in [3.05, 3.63) is 0 Å². The molecule has 58 nitrogen and oxygen atoms in total. The Labute approximate surface area is 748 Å². The van der Waals surface area contributed by atoms with Crippen molar-refractivity contribution in [3.8, 4) is 0 Å². The maximum Gasteiger partial charge on any atom is 0.217 e. The first-order valence-electron chi connectivity index (χ1n) is 42.1. The average molecular weight is 1930 g/mol. The summed E-state index contributed by atoms with van der Waals surface area (Å²) in [5.41, 5.74) is 0. The van der Waals surface area contributed by atoms with Crippen molar-refractivity contribution < 1.29 is 251 Å². The number of aliphatic hydroxyl groups is 25. The molecular weight excluding hydrogens is 1800 g/mol. The van der Waals surface area contributed by atoms with Gasteiger partial charge in [0.15, 0.2) is 62.9 Å². The smallest absolute Gasteiger partial charge is 0.217 e. The van der Waals surface area contributed by atoms with E-state index in [9.17, 15) is 161 Å². The normalized spacial score (nSPS) is 46.7. The van der Waals surface area contributed by atoms with Gasteiger partial charge in [-0.25, -0.2) is 0 Å². The summed E-state index contributed by atoms with van der Waals surface area (Å²) in [7, 11) is 0. The quantitative estimate of drug-likeness (QED) is 0.0280. The van der Waals surface area contributed by atoms with E-state index >= 15 is 0 Å². The Morgan fingerprint density at radius 1 is 0.197 bits per heavy atom. The molecule has 10 aliphatic rings. The summed E-state index contributed by atoms with van der Waals surface area (Å²) in [6.45, 7) is -4.75. The predicted octanol–water partition coefficient (Wildman–Crippen LogP) is -21.8. The van der Waals surface area contributed by atoms with Crippen LogP contribution in [-0.2, 0) is 124 Å². The van der Waals surface area contributed by atoms with Gasteiger partial charge >= 0.3 is 0 Å². The molecular formula is C74H123N7O51. The Morgan fingerprint density at radius 3 is 0.758 bits per heavy atom. The molecule has 0 aromatic rings. The monoisotopic (exact) mass is 1930 g/mol. The number of hydrogen-bond donors (Lipinski definition) is 32. The molecule has 10 saturated heterocycles. The number of carbonyl (C=O) groups is 7. The van der Waals surface area contributed by atoms with Crippen LogP contribution in [0.2, 0.25) is 0 Å². The van der Waals surface area contributed by atoms with Gasteiger partial charge in [0.05, 0.1) is 66.1 Å². The van der Waals surface area contributed by atoms with Crippen LogP contribution in [0, 0.1) is 0 Å². The van der Waals surface area contributed by atoms with E-state index in [-0.39, 0.29) is 0 Å². The fourth-order valence-electron chi connectivity index (χ4n) is 17.1. The zero-order valence-corrected chi connectivity index (χ0v) is 71.7. The lowest BCUT2D eigenvalue weighted by Gasteiger charge is -2.52. The third kappa shape index (κ3) is 24.9. The third-order valence-corrected chi connectivity index (χ3v) is 23.7. The molecule has 0 spiro atoms. The minimum atomic E-state index is -2.73. The Bertz CT molecular complexity index is 3700. The highest BCUT2D eigenvalue weighted by Gasteiger charge is 2.62. The van der Waals surface area contributed by atoms with E-state index < -0.39 is 414 Å². The molecule has 50 atom stereocenters. The molecule has 58 heteroatoms. The van der Waals surface area contributed by atoms with Crippen molar-refractivity contribution in [2.45, 2.75) is 355 Å². The van der Waals surface area contributed by atoms with Crippen molar-refractivity contribution in [2.24, 2.45) is 0 Å². The van der Waals surface area contributed by atoms with Crippen LogP contribution in [-0.4, -0.2) is 542 Å². The number of amides is 7. The fourth-order valence-corrected chi connectivity index (χ4v) is 17.1. The van der Waals surface area contributed by atoms with E-state index in [2.05, 4.69) is 37.2 Å². The van der Waals surface area contributed by atoms with Gasteiger partial charge in [0.25, 0.3) is 0 Å². The van der Waals surface area contributed by atoms with Crippen LogP contribution in [0.5, 0.6) is 0 Å². The lowest BCUT2D eigenvalue weighted by molar-refractivity contribution is -0.404. The van der Waals surface area contributed by atoms with Crippen LogP contribution < -0.4 is 37.2 Å². The second-order valence-electron chi connectivity index (χ2n) is 33.2. The van der Waals surface area contributed by atoms with E-state index in [0.29, 0.717) is 0 Å². The van der Waals surface area contributed by atoms with Crippen molar-refractivity contribution in [1.29, 1.82) is 0 Å².